The molecule has 1 atom stereocenters. The van der Waals surface area contributed by atoms with Crippen LogP contribution >= 0.6 is 0 Å². The molecule has 0 radical (unpaired) electrons. The highest BCUT2D eigenvalue weighted by molar-refractivity contribution is 6.12. The Labute approximate surface area is 115 Å². The Morgan fingerprint density at radius 1 is 1.05 bits per heavy atom. The third-order valence-electron chi connectivity index (χ3n) is 4.52. The summed E-state index contributed by atoms with van der Waals surface area (Å²) in [6.07, 6.45) is 4.50. The molecule has 0 aliphatic heterocycles. The second-order valence-electron chi connectivity index (χ2n) is 6.93. The molecule has 1 aromatic carbocycles. The van der Waals surface area contributed by atoms with Gasteiger partial charge in [-0.1, -0.05) is 50.6 Å². The van der Waals surface area contributed by atoms with Crippen LogP contribution in [-0.2, 0) is 0 Å². The quantitative estimate of drug-likeness (QED) is 0.644. The Hall–Kier alpha value is -1.37. The van der Waals surface area contributed by atoms with E-state index in [0.29, 0.717) is 11.7 Å². The lowest BCUT2D eigenvalue weighted by Crippen LogP contribution is -2.30. The lowest BCUT2D eigenvalue weighted by molar-refractivity contribution is 0.101. The van der Waals surface area contributed by atoms with Crippen LogP contribution in [0.4, 0.5) is 0 Å². The van der Waals surface area contributed by atoms with Crippen molar-refractivity contribution in [3.8, 4) is 0 Å². The Kier molecular flexibility index (Phi) is 2.88. The van der Waals surface area contributed by atoms with E-state index >= 15 is 0 Å². The molecule has 0 spiro atoms. The topological polar surface area (TPSA) is 17.1 Å². The summed E-state index contributed by atoms with van der Waals surface area (Å²) in [7, 11) is 0. The summed E-state index contributed by atoms with van der Waals surface area (Å²) < 4.78 is 0. The van der Waals surface area contributed by atoms with Crippen LogP contribution in [0.1, 0.15) is 68.3 Å². The van der Waals surface area contributed by atoms with E-state index in [1.165, 1.54) is 24.0 Å². The molecule has 1 nitrogen and oxygen atoms in total. The van der Waals surface area contributed by atoms with E-state index in [0.717, 1.165) is 24.0 Å². The third-order valence-corrected chi connectivity index (χ3v) is 4.52. The highest BCUT2D eigenvalue weighted by Gasteiger charge is 2.39. The number of benzene rings is 1. The Bertz CT molecular complexity index is 557. The molecule has 100 valence electrons. The second kappa shape index (κ2) is 4.33. The highest BCUT2D eigenvalue weighted by Crippen LogP contribution is 2.50. The Balaban J connectivity index is 2.23. The minimum atomic E-state index is 0.175. The lowest BCUT2D eigenvalue weighted by Gasteiger charge is -2.40. The SMILES string of the molecule is CC(C)(C)C1C2=C(CCCC2)C(=O)c2ccccc21. The van der Waals surface area contributed by atoms with E-state index in [1.54, 1.807) is 0 Å². The van der Waals surface area contributed by atoms with Gasteiger partial charge in [0.1, 0.15) is 0 Å². The van der Waals surface area contributed by atoms with Crippen molar-refractivity contribution in [3.63, 3.8) is 0 Å². The predicted molar refractivity (Wildman–Crippen MR) is 78.5 cm³/mol. The molecule has 3 rings (SSSR count). The zero-order valence-electron chi connectivity index (χ0n) is 12.1. The number of carbonyl (C=O) groups excluding carboxylic acids is 1. The van der Waals surface area contributed by atoms with Gasteiger partial charge in [-0.3, -0.25) is 4.79 Å². The van der Waals surface area contributed by atoms with E-state index in [4.69, 9.17) is 0 Å². The number of carbonyl (C=O) groups is 1. The maximum Gasteiger partial charge on any atom is 0.189 e. The summed E-state index contributed by atoms with van der Waals surface area (Å²) in [4.78, 5) is 12.7. The second-order valence-corrected chi connectivity index (χ2v) is 6.93. The summed E-state index contributed by atoms with van der Waals surface area (Å²) >= 11 is 0. The largest absolute Gasteiger partial charge is 0.289 e. The summed E-state index contributed by atoms with van der Waals surface area (Å²) in [5.74, 6) is 0.711. The average Bonchev–Trinajstić information content (AvgIpc) is 2.38. The van der Waals surface area contributed by atoms with Crippen molar-refractivity contribution in [3.05, 3.63) is 46.5 Å². The molecule has 2 aliphatic rings. The van der Waals surface area contributed by atoms with Crippen molar-refractivity contribution in [2.24, 2.45) is 5.41 Å². The number of hydrogen-bond acceptors (Lipinski definition) is 1. The van der Waals surface area contributed by atoms with Gasteiger partial charge >= 0.3 is 0 Å². The van der Waals surface area contributed by atoms with Gasteiger partial charge < -0.3 is 0 Å². The molecule has 19 heavy (non-hydrogen) atoms. The monoisotopic (exact) mass is 254 g/mol. The van der Waals surface area contributed by atoms with Crippen molar-refractivity contribution < 1.29 is 4.79 Å². The van der Waals surface area contributed by atoms with Crippen molar-refractivity contribution in [2.45, 2.75) is 52.4 Å². The van der Waals surface area contributed by atoms with Crippen molar-refractivity contribution in [1.29, 1.82) is 0 Å². The summed E-state index contributed by atoms with van der Waals surface area (Å²) in [6, 6.07) is 8.22. The number of allylic oxidation sites excluding steroid dienone is 2. The van der Waals surface area contributed by atoms with Gasteiger partial charge in [-0.15, -0.1) is 0 Å². The van der Waals surface area contributed by atoms with Gasteiger partial charge in [0.25, 0.3) is 0 Å². The van der Waals surface area contributed by atoms with E-state index in [2.05, 4.69) is 32.9 Å². The maximum absolute atomic E-state index is 12.7. The van der Waals surface area contributed by atoms with Crippen molar-refractivity contribution in [2.75, 3.05) is 0 Å². The molecule has 1 aromatic rings. The van der Waals surface area contributed by atoms with Gasteiger partial charge in [0.05, 0.1) is 0 Å². The predicted octanol–water partition coefficient (Wildman–Crippen LogP) is 4.88. The number of Topliss-reactive ketones (excluding diaryl/α,β-unsaturated/α-hetero) is 1. The molecule has 1 heteroatoms. The summed E-state index contributed by atoms with van der Waals surface area (Å²) in [6.45, 7) is 6.89. The summed E-state index contributed by atoms with van der Waals surface area (Å²) in [5.41, 5.74) is 4.94. The molecule has 0 heterocycles. The number of rotatable bonds is 0. The van der Waals surface area contributed by atoms with Crippen molar-refractivity contribution >= 4 is 5.78 Å². The molecule has 0 N–H and O–H groups in total. The van der Waals surface area contributed by atoms with Crippen LogP contribution < -0.4 is 0 Å². The molecular formula is C18H22O. The van der Waals surface area contributed by atoms with Crippen molar-refractivity contribution in [1.82, 2.24) is 0 Å². The van der Waals surface area contributed by atoms with E-state index in [-0.39, 0.29) is 5.41 Å². The zero-order chi connectivity index (χ0) is 13.6. The number of ketones is 1. The van der Waals surface area contributed by atoms with E-state index in [9.17, 15) is 4.79 Å². The molecule has 0 bridgehead atoms. The standard InChI is InChI=1S/C18H22O/c1-18(2,3)16-12-8-4-6-10-14(12)17(19)15-11-7-5-9-13(15)16/h4,6,8,10,16H,5,7,9,11H2,1-3H3. The van der Waals surface area contributed by atoms with Crippen LogP contribution in [0.3, 0.4) is 0 Å². The molecule has 0 aromatic heterocycles. The normalized spacial score (nSPS) is 23.1. The van der Waals surface area contributed by atoms with Crippen LogP contribution in [0.5, 0.6) is 0 Å². The van der Waals surface area contributed by atoms with Gasteiger partial charge in [-0.25, -0.2) is 0 Å². The molecule has 0 amide bonds. The first-order valence-electron chi connectivity index (χ1n) is 7.35. The summed E-state index contributed by atoms with van der Waals surface area (Å²) in [5, 5.41) is 0. The van der Waals surface area contributed by atoms with Gasteiger partial charge in [0, 0.05) is 11.5 Å². The Morgan fingerprint density at radius 2 is 1.74 bits per heavy atom. The highest BCUT2D eigenvalue weighted by atomic mass is 16.1. The van der Waals surface area contributed by atoms with Crippen LogP contribution in [0.2, 0.25) is 0 Å². The third kappa shape index (κ3) is 1.96. The molecule has 0 saturated heterocycles. The first-order valence-corrected chi connectivity index (χ1v) is 7.35. The van der Waals surface area contributed by atoms with Crippen LogP contribution in [-0.4, -0.2) is 5.78 Å². The molecule has 0 fully saturated rings. The number of fused-ring (bicyclic) bond motifs is 1. The maximum atomic E-state index is 12.7. The fourth-order valence-electron chi connectivity index (χ4n) is 3.80. The zero-order valence-corrected chi connectivity index (χ0v) is 12.1. The van der Waals surface area contributed by atoms with Gasteiger partial charge in [0.2, 0.25) is 0 Å². The smallest absolute Gasteiger partial charge is 0.189 e. The van der Waals surface area contributed by atoms with Gasteiger partial charge in [-0.05, 0) is 42.2 Å². The average molecular weight is 254 g/mol. The van der Waals surface area contributed by atoms with Crippen LogP contribution in [0, 0.1) is 5.41 Å². The fraction of sp³-hybridized carbons (Fsp3) is 0.500. The van der Waals surface area contributed by atoms with Gasteiger partial charge in [0.15, 0.2) is 5.78 Å². The lowest BCUT2D eigenvalue weighted by atomic mass is 9.63. The Morgan fingerprint density at radius 3 is 2.47 bits per heavy atom. The van der Waals surface area contributed by atoms with E-state index in [1.807, 2.05) is 12.1 Å². The molecule has 1 unspecified atom stereocenters. The fourth-order valence-corrected chi connectivity index (χ4v) is 3.80. The minimum absolute atomic E-state index is 0.175. The first kappa shape index (κ1) is 12.7. The van der Waals surface area contributed by atoms with Crippen LogP contribution in [0.15, 0.2) is 35.4 Å². The van der Waals surface area contributed by atoms with Crippen LogP contribution in [0.25, 0.3) is 0 Å². The van der Waals surface area contributed by atoms with E-state index < -0.39 is 0 Å². The molecular weight excluding hydrogens is 232 g/mol. The molecule has 2 aliphatic carbocycles. The number of hydrogen-bond donors (Lipinski definition) is 0. The first-order chi connectivity index (χ1) is 9.00. The van der Waals surface area contributed by atoms with Gasteiger partial charge in [-0.2, -0.15) is 0 Å². The minimum Gasteiger partial charge on any atom is -0.289 e. The molecule has 0 saturated carbocycles.